The molecule has 1 aromatic rings. The van der Waals surface area contributed by atoms with Crippen LogP contribution >= 0.6 is 11.6 Å². The second-order valence-corrected chi connectivity index (χ2v) is 7.86. The van der Waals surface area contributed by atoms with E-state index in [4.69, 9.17) is 21.1 Å². The number of hydrogen-bond acceptors (Lipinski definition) is 5. The van der Waals surface area contributed by atoms with Crippen molar-refractivity contribution in [3.05, 3.63) is 17.2 Å². The Morgan fingerprint density at radius 2 is 1.84 bits per heavy atom. The van der Waals surface area contributed by atoms with Gasteiger partial charge in [0.05, 0.1) is 37.7 Å². The molecule has 0 saturated heterocycles. The predicted octanol–water partition coefficient (Wildman–Crippen LogP) is 1.83. The molecule has 0 heterocycles. The van der Waals surface area contributed by atoms with Crippen molar-refractivity contribution < 1.29 is 22.7 Å². The van der Waals surface area contributed by atoms with Crippen molar-refractivity contribution in [3.8, 4) is 11.5 Å². The number of nitrogens with zero attached hydrogens (tertiary/aromatic N) is 1. The van der Waals surface area contributed by atoms with E-state index in [-0.39, 0.29) is 36.6 Å². The van der Waals surface area contributed by atoms with Crippen LogP contribution in [0, 0.1) is 0 Å². The van der Waals surface area contributed by atoms with E-state index >= 15 is 0 Å². The third-order valence-electron chi connectivity index (χ3n) is 3.14. The van der Waals surface area contributed by atoms with Crippen molar-refractivity contribution in [1.29, 1.82) is 0 Å². The molecular formula is C15H24ClN3O5S. The van der Waals surface area contributed by atoms with Crippen molar-refractivity contribution in [2.24, 2.45) is 0 Å². The van der Waals surface area contributed by atoms with Crippen molar-refractivity contribution in [3.63, 3.8) is 0 Å². The summed E-state index contributed by atoms with van der Waals surface area (Å²) < 4.78 is 35.9. The average Bonchev–Trinajstić information content (AvgIpc) is 2.49. The number of nitrogens with one attached hydrogen (secondary N) is 2. The zero-order valence-electron chi connectivity index (χ0n) is 14.9. The van der Waals surface area contributed by atoms with Crippen LogP contribution in [0.5, 0.6) is 11.5 Å². The van der Waals surface area contributed by atoms with Gasteiger partial charge in [0.2, 0.25) is 10.0 Å². The molecule has 0 unspecified atom stereocenters. The maximum absolute atomic E-state index is 12.2. The molecule has 0 atom stereocenters. The fourth-order valence-corrected chi connectivity index (χ4v) is 3.24. The number of rotatable bonds is 8. The summed E-state index contributed by atoms with van der Waals surface area (Å²) in [5, 5.41) is 5.57. The highest BCUT2D eigenvalue weighted by molar-refractivity contribution is 7.92. The first-order valence-electron chi connectivity index (χ1n) is 7.53. The summed E-state index contributed by atoms with van der Waals surface area (Å²) in [5.41, 5.74) is 0.275. The second kappa shape index (κ2) is 9.00. The number of halogens is 1. The van der Waals surface area contributed by atoms with E-state index in [1.807, 2.05) is 13.8 Å². The molecule has 1 aromatic carbocycles. The van der Waals surface area contributed by atoms with Gasteiger partial charge in [-0.3, -0.25) is 4.31 Å². The van der Waals surface area contributed by atoms with Gasteiger partial charge in [-0.05, 0) is 13.8 Å². The highest BCUT2D eigenvalue weighted by atomic mass is 35.5. The summed E-state index contributed by atoms with van der Waals surface area (Å²) in [7, 11) is -0.783. The number of sulfonamides is 1. The molecule has 0 aromatic heterocycles. The van der Waals surface area contributed by atoms with Gasteiger partial charge in [0, 0.05) is 24.7 Å². The topological polar surface area (TPSA) is 97.0 Å². The minimum atomic E-state index is -3.63. The van der Waals surface area contributed by atoms with E-state index < -0.39 is 10.0 Å². The molecule has 142 valence electrons. The normalized spacial score (nSPS) is 11.2. The quantitative estimate of drug-likeness (QED) is 0.702. The van der Waals surface area contributed by atoms with Gasteiger partial charge < -0.3 is 20.1 Å². The lowest BCUT2D eigenvalue weighted by Crippen LogP contribution is -2.44. The summed E-state index contributed by atoms with van der Waals surface area (Å²) in [6.07, 6.45) is 1.07. The Morgan fingerprint density at radius 1 is 1.24 bits per heavy atom. The molecule has 0 fully saturated rings. The predicted molar refractivity (Wildman–Crippen MR) is 98.4 cm³/mol. The number of carbonyl (C=O) groups is 1. The number of benzene rings is 1. The van der Waals surface area contributed by atoms with Gasteiger partial charge in [-0.2, -0.15) is 0 Å². The van der Waals surface area contributed by atoms with Gasteiger partial charge in [-0.25, -0.2) is 13.2 Å². The van der Waals surface area contributed by atoms with Crippen molar-refractivity contribution in [2.45, 2.75) is 19.9 Å². The molecule has 10 heteroatoms. The van der Waals surface area contributed by atoms with Crippen LogP contribution in [0.25, 0.3) is 0 Å². The third-order valence-corrected chi connectivity index (χ3v) is 4.62. The van der Waals surface area contributed by atoms with Gasteiger partial charge in [-0.15, -0.1) is 0 Å². The Labute approximate surface area is 153 Å². The number of amides is 2. The monoisotopic (exact) mass is 393 g/mol. The smallest absolute Gasteiger partial charge is 0.315 e. The summed E-state index contributed by atoms with van der Waals surface area (Å²) >= 11 is 6.06. The maximum atomic E-state index is 12.2. The van der Waals surface area contributed by atoms with Crippen LogP contribution in [0.15, 0.2) is 12.1 Å². The molecule has 0 aliphatic carbocycles. The van der Waals surface area contributed by atoms with Gasteiger partial charge >= 0.3 is 6.03 Å². The van der Waals surface area contributed by atoms with E-state index in [2.05, 4.69) is 10.6 Å². The highest BCUT2D eigenvalue weighted by Crippen LogP contribution is 2.38. The molecule has 25 heavy (non-hydrogen) atoms. The molecule has 2 N–H and O–H groups in total. The fourth-order valence-electron chi connectivity index (χ4n) is 2.09. The fraction of sp³-hybridized carbons (Fsp3) is 0.533. The minimum absolute atomic E-state index is 0.0193. The van der Waals surface area contributed by atoms with Crippen molar-refractivity contribution in [2.75, 3.05) is 37.9 Å². The lowest BCUT2D eigenvalue weighted by atomic mass is 10.2. The molecule has 0 aliphatic heterocycles. The first-order valence-corrected chi connectivity index (χ1v) is 9.76. The Hall–Kier alpha value is -1.87. The number of hydrogen-bond donors (Lipinski definition) is 2. The van der Waals surface area contributed by atoms with Crippen LogP contribution in [-0.2, 0) is 10.0 Å². The summed E-state index contributed by atoms with van der Waals surface area (Å²) in [6.45, 7) is 3.78. The van der Waals surface area contributed by atoms with Crippen LogP contribution in [0.2, 0.25) is 5.02 Å². The highest BCUT2D eigenvalue weighted by Gasteiger charge is 2.23. The Morgan fingerprint density at radius 3 is 2.32 bits per heavy atom. The van der Waals surface area contributed by atoms with E-state index in [1.165, 1.54) is 26.4 Å². The molecule has 0 aliphatic rings. The number of carbonyl (C=O) groups excluding carboxylic acids is 1. The summed E-state index contributed by atoms with van der Waals surface area (Å²) in [5.74, 6) is 0.597. The van der Waals surface area contributed by atoms with Gasteiger partial charge in [-0.1, -0.05) is 11.6 Å². The lowest BCUT2D eigenvalue weighted by Gasteiger charge is -2.25. The SMILES string of the molecule is COc1cc(N(CCNC(=O)NC(C)C)S(C)(=O)=O)c(OC)cc1Cl. The maximum Gasteiger partial charge on any atom is 0.315 e. The van der Waals surface area contributed by atoms with E-state index in [1.54, 1.807) is 0 Å². The molecule has 8 nitrogen and oxygen atoms in total. The number of anilines is 1. The molecule has 0 radical (unpaired) electrons. The standard InChI is InChI=1S/C15H24ClN3O5S/c1-10(2)18-15(20)17-6-7-19(25(5,21)22)12-9-13(23-3)11(16)8-14(12)24-4/h8-10H,6-7H2,1-5H3,(H2,17,18,20). The Kier molecular flexibility index (Phi) is 7.62. The van der Waals surface area contributed by atoms with E-state index in [9.17, 15) is 13.2 Å². The van der Waals surface area contributed by atoms with E-state index in [0.29, 0.717) is 10.8 Å². The largest absolute Gasteiger partial charge is 0.495 e. The zero-order valence-corrected chi connectivity index (χ0v) is 16.5. The summed E-state index contributed by atoms with van der Waals surface area (Å²) in [4.78, 5) is 11.6. The van der Waals surface area contributed by atoms with Crippen LogP contribution in [0.1, 0.15) is 13.8 Å². The molecule has 0 saturated carbocycles. The second-order valence-electron chi connectivity index (χ2n) is 5.55. The molecule has 0 spiro atoms. The number of urea groups is 1. The molecular weight excluding hydrogens is 370 g/mol. The van der Waals surface area contributed by atoms with Crippen LogP contribution in [0.3, 0.4) is 0 Å². The van der Waals surface area contributed by atoms with Gasteiger partial charge in [0.1, 0.15) is 11.5 Å². The average molecular weight is 394 g/mol. The van der Waals surface area contributed by atoms with Crippen molar-refractivity contribution >= 4 is 33.3 Å². The number of methoxy groups -OCH3 is 2. The first-order chi connectivity index (χ1) is 11.6. The van der Waals surface area contributed by atoms with Crippen molar-refractivity contribution in [1.82, 2.24) is 10.6 Å². The minimum Gasteiger partial charge on any atom is -0.495 e. The lowest BCUT2D eigenvalue weighted by molar-refractivity contribution is 0.239. The van der Waals surface area contributed by atoms with E-state index in [0.717, 1.165) is 10.6 Å². The number of ether oxygens (including phenoxy) is 2. The molecule has 0 bridgehead atoms. The van der Waals surface area contributed by atoms with Gasteiger partial charge in [0.25, 0.3) is 0 Å². The van der Waals surface area contributed by atoms with Crippen LogP contribution in [0.4, 0.5) is 10.5 Å². The van der Waals surface area contributed by atoms with Gasteiger partial charge in [0.15, 0.2) is 0 Å². The molecule has 1 rings (SSSR count). The van der Waals surface area contributed by atoms with Crippen LogP contribution in [-0.4, -0.2) is 54.1 Å². The zero-order chi connectivity index (χ0) is 19.2. The Bertz CT molecular complexity index is 709. The summed E-state index contributed by atoms with van der Waals surface area (Å²) in [6, 6.07) is 2.57. The van der Waals surface area contributed by atoms with Crippen LogP contribution < -0.4 is 24.4 Å². The Balaban J connectivity index is 3.06. The molecule has 2 amide bonds. The third kappa shape index (κ3) is 6.17. The first kappa shape index (κ1) is 21.2.